The third-order valence-corrected chi connectivity index (χ3v) is 3.91. The van der Waals surface area contributed by atoms with E-state index in [1.54, 1.807) is 16.9 Å². The van der Waals surface area contributed by atoms with Crippen LogP contribution in [0.1, 0.15) is 16.1 Å². The maximum atomic E-state index is 12.4. The van der Waals surface area contributed by atoms with Crippen LogP contribution >= 0.6 is 0 Å². The molecule has 30 heavy (non-hydrogen) atoms. The molecule has 0 bridgehead atoms. The van der Waals surface area contributed by atoms with Crippen molar-refractivity contribution in [3.63, 3.8) is 0 Å². The van der Waals surface area contributed by atoms with Gasteiger partial charge in [0.1, 0.15) is 5.69 Å². The van der Waals surface area contributed by atoms with Crippen molar-refractivity contribution in [1.29, 1.82) is 0 Å². The van der Waals surface area contributed by atoms with Crippen LogP contribution in [0.3, 0.4) is 0 Å². The van der Waals surface area contributed by atoms with Crippen LogP contribution in [0, 0.1) is 0 Å². The Morgan fingerprint density at radius 2 is 2.13 bits per heavy atom. The van der Waals surface area contributed by atoms with E-state index in [0.29, 0.717) is 16.5 Å². The first kappa shape index (κ1) is 21.3. The summed E-state index contributed by atoms with van der Waals surface area (Å²) in [6, 6.07) is 3.14. The van der Waals surface area contributed by atoms with Crippen LogP contribution in [0.2, 0.25) is 0 Å². The molecule has 160 valence electrons. The smallest absolute Gasteiger partial charge is 0.422 e. The topological polar surface area (TPSA) is 111 Å². The summed E-state index contributed by atoms with van der Waals surface area (Å²) in [6.45, 7) is -1.36. The highest BCUT2D eigenvalue weighted by atomic mass is 19.4. The van der Waals surface area contributed by atoms with Crippen LogP contribution in [-0.2, 0) is 6.54 Å². The molecule has 0 saturated carbocycles. The van der Waals surface area contributed by atoms with Crippen LogP contribution in [0.4, 0.5) is 13.2 Å². The van der Waals surface area contributed by atoms with E-state index >= 15 is 0 Å². The fourth-order valence-corrected chi connectivity index (χ4v) is 2.66. The molecule has 1 amide bonds. The predicted octanol–water partition coefficient (Wildman–Crippen LogP) is 1.55. The summed E-state index contributed by atoms with van der Waals surface area (Å²) < 4.78 is 48.3. The summed E-state index contributed by atoms with van der Waals surface area (Å²) in [4.78, 5) is 20.2. The van der Waals surface area contributed by atoms with E-state index in [9.17, 15) is 18.0 Å². The fraction of sp³-hybridized carbons (Fsp3) is 0.333. The summed E-state index contributed by atoms with van der Waals surface area (Å²) in [7, 11) is 1.30. The van der Waals surface area contributed by atoms with Gasteiger partial charge in [-0.05, 0) is 17.7 Å². The number of aromatic nitrogens is 4. The predicted molar refractivity (Wildman–Crippen MR) is 98.4 cm³/mol. The Hall–Kier alpha value is -3.41. The highest BCUT2D eigenvalue weighted by Crippen LogP contribution is 2.27. The average Bonchev–Trinajstić information content (AvgIpc) is 3.12. The van der Waals surface area contributed by atoms with Crippen molar-refractivity contribution >= 4 is 16.8 Å². The minimum absolute atomic E-state index is 0.0548. The van der Waals surface area contributed by atoms with Crippen molar-refractivity contribution in [2.45, 2.75) is 12.7 Å². The van der Waals surface area contributed by atoms with E-state index in [0.717, 1.165) is 0 Å². The molecule has 3 aromatic rings. The zero-order valence-corrected chi connectivity index (χ0v) is 15.8. The Labute approximate surface area is 168 Å². The lowest BCUT2D eigenvalue weighted by Gasteiger charge is -2.12. The molecule has 0 saturated heterocycles. The second-order valence-electron chi connectivity index (χ2n) is 6.15. The third kappa shape index (κ3) is 5.14. The summed E-state index contributed by atoms with van der Waals surface area (Å²) in [5, 5.41) is 16.3. The standard InChI is InChI=1S/C18H18F3N5O4/c1-29-14-6-11(7-24-17(14)30-10-18(19,20)21)8-26-9-12-13(25-26)2-3-22-15(12)16(28)23-4-5-27/h2-3,6-7,9,27H,4-5,8,10H2,1H3,(H,23,28). The lowest BCUT2D eigenvalue weighted by atomic mass is 10.2. The van der Waals surface area contributed by atoms with Gasteiger partial charge in [-0.25, -0.2) is 4.98 Å². The van der Waals surface area contributed by atoms with Gasteiger partial charge in [-0.2, -0.15) is 18.3 Å². The van der Waals surface area contributed by atoms with Gasteiger partial charge < -0.3 is 19.9 Å². The van der Waals surface area contributed by atoms with Crippen molar-refractivity contribution in [1.82, 2.24) is 25.1 Å². The van der Waals surface area contributed by atoms with E-state index < -0.39 is 18.7 Å². The number of nitrogens with one attached hydrogen (secondary N) is 1. The number of fused-ring (bicyclic) bond motifs is 1. The van der Waals surface area contributed by atoms with Gasteiger partial charge in [-0.15, -0.1) is 0 Å². The number of methoxy groups -OCH3 is 1. The molecule has 12 heteroatoms. The number of rotatable bonds is 8. The van der Waals surface area contributed by atoms with Gasteiger partial charge in [0.05, 0.1) is 31.2 Å². The molecule has 0 radical (unpaired) electrons. The van der Waals surface area contributed by atoms with Crippen molar-refractivity contribution in [3.8, 4) is 11.6 Å². The highest BCUT2D eigenvalue weighted by molar-refractivity contribution is 6.04. The third-order valence-electron chi connectivity index (χ3n) is 3.91. The molecule has 0 atom stereocenters. The van der Waals surface area contributed by atoms with Crippen LogP contribution in [0.5, 0.6) is 11.6 Å². The number of halogens is 3. The molecule has 0 aromatic carbocycles. The molecule has 0 aliphatic heterocycles. The van der Waals surface area contributed by atoms with Crippen LogP contribution < -0.4 is 14.8 Å². The Morgan fingerprint density at radius 1 is 1.33 bits per heavy atom. The Balaban J connectivity index is 1.81. The Bertz CT molecular complexity index is 1040. The molecular weight excluding hydrogens is 407 g/mol. The normalized spacial score (nSPS) is 11.5. The number of ether oxygens (including phenoxy) is 2. The molecule has 0 aliphatic carbocycles. The molecule has 3 heterocycles. The molecule has 2 N–H and O–H groups in total. The summed E-state index contributed by atoms with van der Waals surface area (Å²) >= 11 is 0. The molecule has 0 spiro atoms. The zero-order chi connectivity index (χ0) is 21.7. The van der Waals surface area contributed by atoms with Gasteiger partial charge >= 0.3 is 6.18 Å². The molecule has 9 nitrogen and oxygen atoms in total. The number of amides is 1. The van der Waals surface area contributed by atoms with Gasteiger partial charge in [0.15, 0.2) is 12.4 Å². The van der Waals surface area contributed by atoms with Crippen molar-refractivity contribution < 1.29 is 32.5 Å². The quantitative estimate of drug-likeness (QED) is 0.563. The number of aliphatic hydroxyl groups excluding tert-OH is 1. The number of hydrogen-bond donors (Lipinski definition) is 2. The second-order valence-corrected chi connectivity index (χ2v) is 6.15. The molecule has 0 aliphatic rings. The molecule has 3 rings (SSSR count). The van der Waals surface area contributed by atoms with Gasteiger partial charge in [0.25, 0.3) is 11.8 Å². The lowest BCUT2D eigenvalue weighted by molar-refractivity contribution is -0.154. The van der Waals surface area contributed by atoms with E-state index in [2.05, 4.69) is 25.1 Å². The maximum Gasteiger partial charge on any atom is 0.422 e. The number of alkyl halides is 3. The van der Waals surface area contributed by atoms with Gasteiger partial charge in [-0.3, -0.25) is 14.5 Å². The van der Waals surface area contributed by atoms with E-state index in [1.807, 2.05) is 0 Å². The van der Waals surface area contributed by atoms with E-state index in [1.165, 1.54) is 25.6 Å². The molecule has 0 fully saturated rings. The van der Waals surface area contributed by atoms with Gasteiger partial charge in [-0.1, -0.05) is 0 Å². The van der Waals surface area contributed by atoms with Gasteiger partial charge in [0, 0.05) is 25.1 Å². The van der Waals surface area contributed by atoms with Crippen LogP contribution in [0.15, 0.2) is 30.7 Å². The summed E-state index contributed by atoms with van der Waals surface area (Å²) in [6.07, 6.45) is -0.0644. The first-order chi connectivity index (χ1) is 14.3. The van der Waals surface area contributed by atoms with Crippen molar-refractivity contribution in [2.24, 2.45) is 0 Å². The maximum absolute atomic E-state index is 12.4. The van der Waals surface area contributed by atoms with Crippen LogP contribution in [0.25, 0.3) is 10.9 Å². The molecular formula is C18H18F3N5O4. The fourth-order valence-electron chi connectivity index (χ4n) is 2.66. The number of carbonyl (C=O) groups excluding carboxylic acids is 1. The Kier molecular flexibility index (Phi) is 6.35. The van der Waals surface area contributed by atoms with Crippen molar-refractivity contribution in [3.05, 3.63) is 42.0 Å². The minimum atomic E-state index is -4.49. The number of hydrogen-bond acceptors (Lipinski definition) is 7. The van der Waals surface area contributed by atoms with Crippen LogP contribution in [-0.4, -0.2) is 63.8 Å². The lowest BCUT2D eigenvalue weighted by Crippen LogP contribution is -2.27. The number of pyridine rings is 2. The average molecular weight is 425 g/mol. The first-order valence-corrected chi connectivity index (χ1v) is 8.74. The largest absolute Gasteiger partial charge is 0.491 e. The first-order valence-electron chi connectivity index (χ1n) is 8.74. The number of nitrogens with zero attached hydrogens (tertiary/aromatic N) is 4. The molecule has 0 unspecified atom stereocenters. The SMILES string of the molecule is COc1cc(Cn2cc3c(C(=O)NCCO)nccc3n2)cnc1OCC(F)(F)F. The Morgan fingerprint density at radius 3 is 2.83 bits per heavy atom. The number of aliphatic hydroxyl groups is 1. The highest BCUT2D eigenvalue weighted by Gasteiger charge is 2.29. The van der Waals surface area contributed by atoms with E-state index in [4.69, 9.17) is 9.84 Å². The summed E-state index contributed by atoms with van der Waals surface area (Å²) in [5.41, 5.74) is 1.29. The molecule has 3 aromatic heterocycles. The monoisotopic (exact) mass is 425 g/mol. The zero-order valence-electron chi connectivity index (χ0n) is 15.8. The number of carbonyl (C=O) groups is 1. The second kappa shape index (κ2) is 8.95. The minimum Gasteiger partial charge on any atom is -0.491 e. The summed E-state index contributed by atoms with van der Waals surface area (Å²) in [5.74, 6) is -0.654. The van der Waals surface area contributed by atoms with Gasteiger partial charge in [0.2, 0.25) is 0 Å². The van der Waals surface area contributed by atoms with E-state index in [-0.39, 0.29) is 37.0 Å². The van der Waals surface area contributed by atoms with Crippen molar-refractivity contribution in [2.75, 3.05) is 26.9 Å².